The number of benzene rings is 2. The van der Waals surface area contributed by atoms with Gasteiger partial charge in [-0.1, -0.05) is 0 Å². The van der Waals surface area contributed by atoms with Crippen LogP contribution in [0.5, 0.6) is 0 Å². The Morgan fingerprint density at radius 1 is 1.00 bits per heavy atom. The van der Waals surface area contributed by atoms with Crippen molar-refractivity contribution in [2.45, 2.75) is 11.1 Å². The molecule has 0 spiro atoms. The lowest BCUT2D eigenvalue weighted by molar-refractivity contribution is -0.140. The van der Waals surface area contributed by atoms with E-state index in [1.807, 2.05) is 0 Å². The summed E-state index contributed by atoms with van der Waals surface area (Å²) in [7, 11) is -3.41. The first kappa shape index (κ1) is 18.0. The van der Waals surface area contributed by atoms with Crippen LogP contribution < -0.4 is 5.73 Å². The normalized spacial score (nSPS) is 12.3. The van der Waals surface area contributed by atoms with E-state index in [1.165, 1.54) is 28.8 Å². The Morgan fingerprint density at radius 3 is 2.08 bits per heavy atom. The average Bonchev–Trinajstić information content (AvgIpc) is 3.00. The van der Waals surface area contributed by atoms with Gasteiger partial charge in [0.05, 0.1) is 4.90 Å². The maximum Gasteiger partial charge on any atom is 0.434 e. The largest absolute Gasteiger partial charge is 0.434 e. The summed E-state index contributed by atoms with van der Waals surface area (Å²) < 4.78 is 63.7. The van der Waals surface area contributed by atoms with Crippen molar-refractivity contribution in [2.75, 3.05) is 12.0 Å². The molecule has 0 saturated heterocycles. The van der Waals surface area contributed by atoms with Crippen LogP contribution in [0.4, 0.5) is 18.9 Å². The molecule has 9 heteroatoms. The van der Waals surface area contributed by atoms with Crippen molar-refractivity contribution in [1.82, 2.24) is 9.55 Å². The number of nitrogens with two attached hydrogens (primary N) is 1. The fraction of sp³-hybridized carbons (Fsp3) is 0.118. The molecule has 0 fully saturated rings. The molecule has 0 aliphatic carbocycles. The maximum absolute atomic E-state index is 13.1. The monoisotopic (exact) mass is 381 g/mol. The van der Waals surface area contributed by atoms with Gasteiger partial charge in [0.2, 0.25) is 0 Å². The molecule has 26 heavy (non-hydrogen) atoms. The van der Waals surface area contributed by atoms with Crippen molar-refractivity contribution < 1.29 is 21.6 Å². The maximum atomic E-state index is 13.1. The molecule has 0 bridgehead atoms. The molecular weight excluding hydrogens is 367 g/mol. The van der Waals surface area contributed by atoms with Gasteiger partial charge in [0.1, 0.15) is 5.82 Å². The molecule has 0 radical (unpaired) electrons. The van der Waals surface area contributed by atoms with Gasteiger partial charge in [-0.15, -0.1) is 0 Å². The van der Waals surface area contributed by atoms with Gasteiger partial charge in [-0.05, 0) is 48.5 Å². The molecule has 5 nitrogen and oxygen atoms in total. The highest BCUT2D eigenvalue weighted by molar-refractivity contribution is 7.90. The molecule has 3 rings (SSSR count). The fourth-order valence-electron chi connectivity index (χ4n) is 2.40. The minimum Gasteiger partial charge on any atom is -0.399 e. The lowest BCUT2D eigenvalue weighted by Gasteiger charge is -2.09. The van der Waals surface area contributed by atoms with Crippen LogP contribution in [0.25, 0.3) is 17.1 Å². The van der Waals surface area contributed by atoms with Crippen molar-refractivity contribution in [3.8, 4) is 17.1 Å². The lowest BCUT2D eigenvalue weighted by atomic mass is 10.2. The molecule has 0 saturated carbocycles. The van der Waals surface area contributed by atoms with E-state index in [0.717, 1.165) is 12.5 Å². The molecule has 0 atom stereocenters. The molecular formula is C17H14F3N3O2S. The second-order valence-corrected chi connectivity index (χ2v) is 7.72. The van der Waals surface area contributed by atoms with Crippen molar-refractivity contribution >= 4 is 15.5 Å². The summed E-state index contributed by atoms with van der Waals surface area (Å²) in [4.78, 5) is 3.78. The van der Waals surface area contributed by atoms with Gasteiger partial charge in [-0.25, -0.2) is 13.4 Å². The van der Waals surface area contributed by atoms with E-state index < -0.39 is 21.7 Å². The van der Waals surface area contributed by atoms with E-state index in [-0.39, 0.29) is 10.7 Å². The quantitative estimate of drug-likeness (QED) is 0.704. The Bertz CT molecular complexity index is 1040. The van der Waals surface area contributed by atoms with Gasteiger partial charge in [0.15, 0.2) is 15.5 Å². The van der Waals surface area contributed by atoms with Crippen molar-refractivity contribution in [2.24, 2.45) is 0 Å². The molecule has 0 aliphatic heterocycles. The molecule has 1 heterocycles. The first-order valence-corrected chi connectivity index (χ1v) is 9.28. The van der Waals surface area contributed by atoms with Gasteiger partial charge >= 0.3 is 6.18 Å². The lowest BCUT2D eigenvalue weighted by Crippen LogP contribution is -2.05. The van der Waals surface area contributed by atoms with Crippen LogP contribution in [0.3, 0.4) is 0 Å². The van der Waals surface area contributed by atoms with Crippen LogP contribution in [0.15, 0.2) is 59.6 Å². The Balaban J connectivity index is 2.16. The fourth-order valence-corrected chi connectivity index (χ4v) is 3.03. The molecule has 3 aromatic rings. The van der Waals surface area contributed by atoms with Crippen molar-refractivity contribution in [1.29, 1.82) is 0 Å². The zero-order chi connectivity index (χ0) is 19.1. The van der Waals surface area contributed by atoms with E-state index in [1.54, 1.807) is 24.3 Å². The Morgan fingerprint density at radius 2 is 1.58 bits per heavy atom. The minimum absolute atomic E-state index is 0.0735. The van der Waals surface area contributed by atoms with Crippen LogP contribution in [0.2, 0.25) is 0 Å². The summed E-state index contributed by atoms with van der Waals surface area (Å²) >= 11 is 0. The van der Waals surface area contributed by atoms with Crippen LogP contribution >= 0.6 is 0 Å². The third-order valence-electron chi connectivity index (χ3n) is 3.71. The predicted molar refractivity (Wildman–Crippen MR) is 91.5 cm³/mol. The molecule has 2 aromatic carbocycles. The molecule has 1 aromatic heterocycles. The number of hydrogen-bond donors (Lipinski definition) is 1. The highest BCUT2D eigenvalue weighted by atomic mass is 32.2. The number of sulfone groups is 1. The standard InChI is InChI=1S/C17H14F3N3O2S/c1-26(24,25)14-8-6-13(7-9-14)23-10-15(17(18,19)20)22-16(23)11-2-4-12(21)5-3-11/h2-10H,21H2,1H3. The third-order valence-corrected chi connectivity index (χ3v) is 4.84. The molecule has 0 aliphatic rings. The molecule has 0 amide bonds. The number of halogens is 3. The third kappa shape index (κ3) is 3.57. The smallest absolute Gasteiger partial charge is 0.399 e. The molecule has 136 valence electrons. The summed E-state index contributed by atoms with van der Waals surface area (Å²) in [5, 5.41) is 0. The zero-order valence-electron chi connectivity index (χ0n) is 13.5. The SMILES string of the molecule is CS(=O)(=O)c1ccc(-n2cc(C(F)(F)F)nc2-c2ccc(N)cc2)cc1. The second-order valence-electron chi connectivity index (χ2n) is 5.71. The van der Waals surface area contributed by atoms with Crippen LogP contribution in [0.1, 0.15) is 5.69 Å². The van der Waals surface area contributed by atoms with Gasteiger partial charge < -0.3 is 5.73 Å². The zero-order valence-corrected chi connectivity index (χ0v) is 14.3. The van der Waals surface area contributed by atoms with E-state index >= 15 is 0 Å². The van der Waals surface area contributed by atoms with Crippen LogP contribution in [-0.2, 0) is 16.0 Å². The van der Waals surface area contributed by atoms with E-state index in [2.05, 4.69) is 4.98 Å². The molecule has 0 unspecified atom stereocenters. The van der Waals surface area contributed by atoms with Gasteiger partial charge in [-0.3, -0.25) is 4.57 Å². The average molecular weight is 381 g/mol. The minimum atomic E-state index is -4.61. The van der Waals surface area contributed by atoms with Crippen LogP contribution in [0, 0.1) is 0 Å². The topological polar surface area (TPSA) is 78.0 Å². The second kappa shape index (κ2) is 6.17. The first-order valence-electron chi connectivity index (χ1n) is 7.39. The highest BCUT2D eigenvalue weighted by Crippen LogP contribution is 2.33. The van der Waals surface area contributed by atoms with Gasteiger partial charge in [0.25, 0.3) is 0 Å². The highest BCUT2D eigenvalue weighted by Gasteiger charge is 2.35. The number of hydrogen-bond acceptors (Lipinski definition) is 4. The molecule has 2 N–H and O–H groups in total. The van der Waals surface area contributed by atoms with Crippen molar-refractivity contribution in [3.05, 3.63) is 60.4 Å². The number of nitrogen functional groups attached to an aromatic ring is 1. The number of imidazole rings is 1. The Kier molecular flexibility index (Phi) is 4.27. The van der Waals surface area contributed by atoms with E-state index in [0.29, 0.717) is 16.9 Å². The number of aromatic nitrogens is 2. The number of nitrogens with zero attached hydrogens (tertiary/aromatic N) is 2. The van der Waals surface area contributed by atoms with Gasteiger partial charge in [-0.2, -0.15) is 13.2 Å². The van der Waals surface area contributed by atoms with Crippen molar-refractivity contribution in [3.63, 3.8) is 0 Å². The van der Waals surface area contributed by atoms with E-state index in [4.69, 9.17) is 5.73 Å². The summed E-state index contributed by atoms with van der Waals surface area (Å²) in [6.07, 6.45) is -2.68. The van der Waals surface area contributed by atoms with Gasteiger partial charge in [0, 0.05) is 29.4 Å². The summed E-state index contributed by atoms with van der Waals surface area (Å²) in [6, 6.07) is 11.8. The number of alkyl halides is 3. The van der Waals surface area contributed by atoms with Crippen LogP contribution in [-0.4, -0.2) is 24.2 Å². The Hall–Kier alpha value is -2.81. The number of anilines is 1. The Labute approximate surface area is 147 Å². The first-order chi connectivity index (χ1) is 12.1. The summed E-state index contributed by atoms with van der Waals surface area (Å²) in [6.45, 7) is 0. The number of rotatable bonds is 3. The predicted octanol–water partition coefficient (Wildman–Crippen LogP) is 3.54. The van der Waals surface area contributed by atoms with E-state index in [9.17, 15) is 21.6 Å². The summed E-state index contributed by atoms with van der Waals surface area (Å²) in [5.41, 5.74) is 5.85. The summed E-state index contributed by atoms with van der Waals surface area (Å²) in [5.74, 6) is 0.0735.